The molecule has 1 fully saturated rings. The van der Waals surface area contributed by atoms with E-state index < -0.39 is 0 Å². The number of methoxy groups -OCH3 is 1. The molecule has 0 radical (unpaired) electrons. The monoisotopic (exact) mass is 345 g/mol. The zero-order chi connectivity index (χ0) is 17.8. The van der Waals surface area contributed by atoms with Crippen LogP contribution in [0, 0.1) is 0 Å². The van der Waals surface area contributed by atoms with Crippen LogP contribution >= 0.6 is 0 Å². The first-order valence-corrected chi connectivity index (χ1v) is 8.81. The first-order chi connectivity index (χ1) is 12.1. The highest BCUT2D eigenvalue weighted by Crippen LogP contribution is 2.29. The van der Waals surface area contributed by atoms with Crippen molar-refractivity contribution in [2.75, 3.05) is 39.2 Å². The fraction of sp³-hybridized carbons (Fsp3) is 0.647. The molecule has 1 aliphatic heterocycles. The lowest BCUT2D eigenvalue weighted by molar-refractivity contribution is 0.377. The number of aromatic nitrogens is 5. The van der Waals surface area contributed by atoms with Gasteiger partial charge in [0.2, 0.25) is 11.8 Å². The second-order valence-electron chi connectivity index (χ2n) is 6.62. The Hall–Kier alpha value is -2.22. The number of nitrogens with zero attached hydrogens (tertiary/aromatic N) is 7. The Labute approximate surface area is 148 Å². The molecule has 3 heterocycles. The van der Waals surface area contributed by atoms with E-state index in [1.165, 1.54) is 0 Å². The van der Waals surface area contributed by atoms with E-state index in [-0.39, 0.29) is 0 Å². The van der Waals surface area contributed by atoms with E-state index in [0.29, 0.717) is 11.8 Å². The highest BCUT2D eigenvalue weighted by molar-refractivity contribution is 5.33. The van der Waals surface area contributed by atoms with Crippen LogP contribution in [0.5, 0.6) is 5.88 Å². The molecule has 2 aromatic heterocycles. The predicted octanol–water partition coefficient (Wildman–Crippen LogP) is 1.54. The summed E-state index contributed by atoms with van der Waals surface area (Å²) in [4.78, 5) is 13.2. The van der Waals surface area contributed by atoms with Crippen molar-refractivity contribution in [3.05, 3.63) is 23.9 Å². The molecule has 25 heavy (non-hydrogen) atoms. The van der Waals surface area contributed by atoms with Gasteiger partial charge in [-0.25, -0.2) is 4.98 Å². The SMILES string of the molecule is CCn1c(CN(C)C)nnc1C1CCN(c2nccc(OC)n2)CC1. The van der Waals surface area contributed by atoms with Gasteiger partial charge in [0.25, 0.3) is 0 Å². The number of ether oxygens (including phenoxy) is 1. The van der Waals surface area contributed by atoms with Crippen molar-refractivity contribution < 1.29 is 4.74 Å². The van der Waals surface area contributed by atoms with E-state index in [2.05, 4.69) is 55.6 Å². The van der Waals surface area contributed by atoms with Gasteiger partial charge in [-0.3, -0.25) is 0 Å². The third-order valence-corrected chi connectivity index (χ3v) is 4.60. The number of piperidine rings is 1. The van der Waals surface area contributed by atoms with E-state index in [9.17, 15) is 0 Å². The fourth-order valence-electron chi connectivity index (χ4n) is 3.33. The Morgan fingerprint density at radius 2 is 2.00 bits per heavy atom. The second kappa shape index (κ2) is 7.77. The van der Waals surface area contributed by atoms with Gasteiger partial charge in [-0.15, -0.1) is 10.2 Å². The molecule has 0 spiro atoms. The van der Waals surface area contributed by atoms with Gasteiger partial charge in [0.1, 0.15) is 11.6 Å². The summed E-state index contributed by atoms with van der Waals surface area (Å²) in [6, 6.07) is 1.77. The summed E-state index contributed by atoms with van der Waals surface area (Å²) in [5.41, 5.74) is 0. The van der Waals surface area contributed by atoms with Crippen molar-refractivity contribution in [3.63, 3.8) is 0 Å². The van der Waals surface area contributed by atoms with Crippen LogP contribution in [0.15, 0.2) is 12.3 Å². The first-order valence-electron chi connectivity index (χ1n) is 8.81. The highest BCUT2D eigenvalue weighted by Gasteiger charge is 2.27. The summed E-state index contributed by atoms with van der Waals surface area (Å²) in [6.07, 6.45) is 3.80. The normalized spacial score (nSPS) is 15.8. The van der Waals surface area contributed by atoms with Crippen LogP contribution < -0.4 is 9.64 Å². The molecule has 2 aromatic rings. The highest BCUT2D eigenvalue weighted by atomic mass is 16.5. The molecule has 1 aliphatic rings. The molecule has 1 saturated heterocycles. The molecule has 136 valence electrons. The van der Waals surface area contributed by atoms with Gasteiger partial charge >= 0.3 is 0 Å². The van der Waals surface area contributed by atoms with Gasteiger partial charge in [0.05, 0.1) is 13.7 Å². The van der Waals surface area contributed by atoms with Gasteiger partial charge in [0, 0.05) is 37.8 Å². The van der Waals surface area contributed by atoms with Crippen molar-refractivity contribution in [1.29, 1.82) is 0 Å². The van der Waals surface area contributed by atoms with Crippen LogP contribution in [0.25, 0.3) is 0 Å². The molecule has 0 saturated carbocycles. The minimum Gasteiger partial charge on any atom is -0.481 e. The number of hydrogen-bond acceptors (Lipinski definition) is 7. The van der Waals surface area contributed by atoms with Crippen LogP contribution in [0.4, 0.5) is 5.95 Å². The molecule has 0 N–H and O–H groups in total. The number of rotatable bonds is 6. The van der Waals surface area contributed by atoms with Gasteiger partial charge in [-0.1, -0.05) is 0 Å². The molecule has 0 unspecified atom stereocenters. The lowest BCUT2D eigenvalue weighted by Gasteiger charge is -2.31. The lowest BCUT2D eigenvalue weighted by atomic mass is 9.96. The van der Waals surface area contributed by atoms with E-state index in [1.54, 1.807) is 19.4 Å². The first kappa shape index (κ1) is 17.6. The van der Waals surface area contributed by atoms with E-state index in [4.69, 9.17) is 4.74 Å². The van der Waals surface area contributed by atoms with Gasteiger partial charge in [-0.05, 0) is 33.9 Å². The van der Waals surface area contributed by atoms with E-state index in [0.717, 1.165) is 56.6 Å². The maximum absolute atomic E-state index is 5.20. The zero-order valence-electron chi connectivity index (χ0n) is 15.5. The van der Waals surface area contributed by atoms with Gasteiger partial charge in [0.15, 0.2) is 0 Å². The van der Waals surface area contributed by atoms with Crippen molar-refractivity contribution in [1.82, 2.24) is 29.6 Å². The summed E-state index contributed by atoms with van der Waals surface area (Å²) in [5.74, 6) is 3.94. The molecular weight excluding hydrogens is 318 g/mol. The topological polar surface area (TPSA) is 72.2 Å². The average molecular weight is 345 g/mol. The molecular formula is C17H27N7O. The summed E-state index contributed by atoms with van der Waals surface area (Å²) >= 11 is 0. The van der Waals surface area contributed by atoms with Gasteiger partial charge in [-0.2, -0.15) is 4.98 Å². The fourth-order valence-corrected chi connectivity index (χ4v) is 3.33. The molecule has 0 aliphatic carbocycles. The Morgan fingerprint density at radius 1 is 1.24 bits per heavy atom. The largest absolute Gasteiger partial charge is 0.481 e. The third kappa shape index (κ3) is 3.89. The predicted molar refractivity (Wildman–Crippen MR) is 95.9 cm³/mol. The number of anilines is 1. The molecule has 8 nitrogen and oxygen atoms in total. The molecule has 0 aromatic carbocycles. The average Bonchev–Trinajstić information content (AvgIpc) is 3.03. The summed E-state index contributed by atoms with van der Waals surface area (Å²) in [6.45, 7) is 5.71. The Bertz CT molecular complexity index is 692. The van der Waals surface area contributed by atoms with Crippen molar-refractivity contribution >= 4 is 5.95 Å². The summed E-state index contributed by atoms with van der Waals surface area (Å²) in [5, 5.41) is 8.92. The van der Waals surface area contributed by atoms with Crippen molar-refractivity contribution in [2.45, 2.75) is 38.8 Å². The second-order valence-corrected chi connectivity index (χ2v) is 6.62. The Kier molecular flexibility index (Phi) is 5.47. The van der Waals surface area contributed by atoms with Crippen LogP contribution in [-0.2, 0) is 13.1 Å². The van der Waals surface area contributed by atoms with Crippen LogP contribution in [0.3, 0.4) is 0 Å². The van der Waals surface area contributed by atoms with E-state index in [1.807, 2.05) is 0 Å². The van der Waals surface area contributed by atoms with Crippen LogP contribution in [-0.4, -0.2) is 63.9 Å². The quantitative estimate of drug-likeness (QED) is 0.786. The zero-order valence-corrected chi connectivity index (χ0v) is 15.5. The number of hydrogen-bond donors (Lipinski definition) is 0. The summed E-state index contributed by atoms with van der Waals surface area (Å²) in [7, 11) is 5.74. The molecule has 0 bridgehead atoms. The van der Waals surface area contributed by atoms with Crippen molar-refractivity contribution in [3.8, 4) is 5.88 Å². The summed E-state index contributed by atoms with van der Waals surface area (Å²) < 4.78 is 7.46. The van der Waals surface area contributed by atoms with Crippen LogP contribution in [0.1, 0.15) is 37.3 Å². The molecule has 3 rings (SSSR count). The maximum atomic E-state index is 5.20. The minimum absolute atomic E-state index is 0.435. The van der Waals surface area contributed by atoms with Gasteiger partial charge < -0.3 is 19.1 Å². The standard InChI is InChI=1S/C17H27N7O/c1-5-24-14(12-22(2)3)20-21-16(24)13-7-10-23(11-8-13)17-18-9-6-15(19-17)25-4/h6,9,13H,5,7-8,10-12H2,1-4H3. The maximum Gasteiger partial charge on any atom is 0.228 e. The van der Waals surface area contributed by atoms with E-state index >= 15 is 0 Å². The molecule has 8 heteroatoms. The lowest BCUT2D eigenvalue weighted by Crippen LogP contribution is -2.35. The molecule has 0 atom stereocenters. The Morgan fingerprint density at radius 3 is 2.64 bits per heavy atom. The minimum atomic E-state index is 0.435. The van der Waals surface area contributed by atoms with Crippen molar-refractivity contribution in [2.24, 2.45) is 0 Å². The van der Waals surface area contributed by atoms with Crippen LogP contribution in [0.2, 0.25) is 0 Å². The Balaban J connectivity index is 1.69. The molecule has 0 amide bonds. The third-order valence-electron chi connectivity index (χ3n) is 4.60. The smallest absolute Gasteiger partial charge is 0.228 e.